The zero-order valence-electron chi connectivity index (χ0n) is 16.8. The molecule has 0 N–H and O–H groups in total. The Balaban J connectivity index is 1.82. The van der Waals surface area contributed by atoms with Gasteiger partial charge in [-0.3, -0.25) is 4.79 Å². The number of allylic oxidation sites excluding steroid dienone is 1. The van der Waals surface area contributed by atoms with Gasteiger partial charge < -0.3 is 19.1 Å². The molecule has 0 aliphatic carbocycles. The van der Waals surface area contributed by atoms with Gasteiger partial charge in [-0.25, -0.2) is 0 Å². The van der Waals surface area contributed by atoms with Crippen LogP contribution in [0.1, 0.15) is 40.2 Å². The average Bonchev–Trinajstić information content (AvgIpc) is 3.05. The lowest BCUT2D eigenvalue weighted by molar-refractivity contribution is 0.101. The van der Waals surface area contributed by atoms with Crippen LogP contribution in [0.2, 0.25) is 0 Å². The summed E-state index contributed by atoms with van der Waals surface area (Å²) in [5, 5.41) is 0. The molecule has 2 aromatic carbocycles. The van der Waals surface area contributed by atoms with Crippen LogP contribution < -0.4 is 14.2 Å². The van der Waals surface area contributed by atoms with Crippen LogP contribution in [0.3, 0.4) is 0 Å². The van der Waals surface area contributed by atoms with Gasteiger partial charge in [0.25, 0.3) is 0 Å². The molecule has 6 heteroatoms. The molecule has 0 amide bonds. The van der Waals surface area contributed by atoms with Crippen molar-refractivity contribution in [1.29, 1.82) is 0 Å². The van der Waals surface area contributed by atoms with Gasteiger partial charge in [0.05, 0.1) is 14.2 Å². The number of carbonyl (C=O) groups is 1. The van der Waals surface area contributed by atoms with Crippen LogP contribution in [0, 0.1) is 3.57 Å². The number of methoxy groups -OCH3 is 2. The van der Waals surface area contributed by atoms with Gasteiger partial charge in [0.15, 0.2) is 5.76 Å². The molecule has 1 fully saturated rings. The number of ketones is 1. The number of piperidine rings is 1. The summed E-state index contributed by atoms with van der Waals surface area (Å²) in [5.41, 5.74) is 2.44. The van der Waals surface area contributed by atoms with Crippen LogP contribution in [0.25, 0.3) is 6.08 Å². The Labute approximate surface area is 184 Å². The molecule has 0 bridgehead atoms. The number of benzene rings is 2. The third kappa shape index (κ3) is 3.75. The molecular formula is C23H24INO4. The number of fused-ring (bicyclic) bond motifs is 1. The first-order valence-corrected chi connectivity index (χ1v) is 10.8. The summed E-state index contributed by atoms with van der Waals surface area (Å²) >= 11 is 2.26. The lowest BCUT2D eigenvalue weighted by Crippen LogP contribution is -2.29. The Hall–Kier alpha value is -2.06. The van der Waals surface area contributed by atoms with E-state index in [9.17, 15) is 4.79 Å². The Morgan fingerprint density at radius 2 is 1.83 bits per heavy atom. The van der Waals surface area contributed by atoms with E-state index in [4.69, 9.17) is 14.2 Å². The number of carbonyl (C=O) groups excluding carboxylic acids is 1. The second kappa shape index (κ2) is 8.36. The molecule has 2 aliphatic heterocycles. The molecule has 0 unspecified atom stereocenters. The quantitative estimate of drug-likeness (QED) is 0.444. The number of Topliss-reactive ketones (excluding diaryl/α,β-unsaturated/α-hetero) is 1. The van der Waals surface area contributed by atoms with Gasteiger partial charge in [-0.2, -0.15) is 0 Å². The van der Waals surface area contributed by atoms with Crippen LogP contribution in [0.4, 0.5) is 0 Å². The molecule has 4 rings (SSSR count). The van der Waals surface area contributed by atoms with E-state index in [2.05, 4.69) is 34.5 Å². The Morgan fingerprint density at radius 1 is 1.14 bits per heavy atom. The maximum atomic E-state index is 13.3. The molecule has 2 heterocycles. The molecule has 0 saturated carbocycles. The Kier molecular flexibility index (Phi) is 5.83. The zero-order valence-corrected chi connectivity index (χ0v) is 19.0. The van der Waals surface area contributed by atoms with Gasteiger partial charge in [0.1, 0.15) is 22.8 Å². The molecule has 5 nitrogen and oxygen atoms in total. The fourth-order valence-electron chi connectivity index (χ4n) is 4.07. The van der Waals surface area contributed by atoms with Gasteiger partial charge in [-0.1, -0.05) is 18.2 Å². The van der Waals surface area contributed by atoms with Crippen molar-refractivity contribution in [2.24, 2.45) is 0 Å². The maximum Gasteiger partial charge on any atom is 0.235 e. The second-order valence-corrected chi connectivity index (χ2v) is 8.60. The van der Waals surface area contributed by atoms with Crippen molar-refractivity contribution in [3.05, 3.63) is 56.4 Å². The van der Waals surface area contributed by atoms with Crippen molar-refractivity contribution in [2.75, 3.05) is 34.4 Å². The summed E-state index contributed by atoms with van der Waals surface area (Å²) in [5.74, 6) is 2.27. The summed E-state index contributed by atoms with van der Waals surface area (Å²) in [6.45, 7) is 2.01. The summed E-state index contributed by atoms with van der Waals surface area (Å²) in [6.07, 6.45) is 3.81. The van der Waals surface area contributed by atoms with Gasteiger partial charge in [-0.15, -0.1) is 0 Å². The van der Waals surface area contributed by atoms with Crippen LogP contribution in [-0.4, -0.2) is 45.0 Å². The minimum absolute atomic E-state index is 0.145. The largest absolute Gasteiger partial charge is 0.496 e. The highest BCUT2D eigenvalue weighted by molar-refractivity contribution is 14.1. The number of ether oxygens (including phenoxy) is 3. The van der Waals surface area contributed by atoms with Crippen LogP contribution in [0.15, 0.2) is 36.1 Å². The van der Waals surface area contributed by atoms with Gasteiger partial charge >= 0.3 is 0 Å². The van der Waals surface area contributed by atoms with E-state index in [1.54, 1.807) is 14.2 Å². The molecule has 152 valence electrons. The van der Waals surface area contributed by atoms with E-state index in [1.165, 1.54) is 0 Å². The monoisotopic (exact) mass is 505 g/mol. The fourth-order valence-corrected chi connectivity index (χ4v) is 4.61. The van der Waals surface area contributed by atoms with Crippen molar-refractivity contribution in [3.63, 3.8) is 0 Å². The molecule has 0 atom stereocenters. The predicted molar refractivity (Wildman–Crippen MR) is 121 cm³/mol. The average molecular weight is 505 g/mol. The van der Waals surface area contributed by atoms with E-state index in [0.717, 1.165) is 46.4 Å². The van der Waals surface area contributed by atoms with Gasteiger partial charge in [0, 0.05) is 15.2 Å². The third-order valence-electron chi connectivity index (χ3n) is 5.67. The standard InChI is InChI=1S/C23H24INO4/c1-25-10-8-14(9-11-25)20-17(27-2)13-18(28-3)21-22(26)19(29-23(20)21)12-15-6-4-5-7-16(15)24/h4-7,12-14H,8-11H2,1-3H3/b19-12+. The van der Waals surface area contributed by atoms with Crippen molar-refractivity contribution >= 4 is 34.5 Å². The lowest BCUT2D eigenvalue weighted by atomic mass is 9.86. The smallest absolute Gasteiger partial charge is 0.235 e. The van der Waals surface area contributed by atoms with E-state index >= 15 is 0 Å². The van der Waals surface area contributed by atoms with E-state index in [-0.39, 0.29) is 11.7 Å². The van der Waals surface area contributed by atoms with E-state index in [0.29, 0.717) is 22.8 Å². The lowest BCUT2D eigenvalue weighted by Gasteiger charge is -2.30. The SMILES string of the molecule is COc1cc(OC)c(C2CCN(C)CC2)c2c1C(=O)/C(=C\c1ccccc1I)O2. The normalized spacial score (nSPS) is 18.6. The number of nitrogens with zero attached hydrogens (tertiary/aromatic N) is 1. The number of rotatable bonds is 4. The Bertz CT molecular complexity index is 977. The molecular weight excluding hydrogens is 481 g/mol. The van der Waals surface area contributed by atoms with Crippen LogP contribution >= 0.6 is 22.6 Å². The zero-order chi connectivity index (χ0) is 20.5. The highest BCUT2D eigenvalue weighted by Gasteiger charge is 2.38. The van der Waals surface area contributed by atoms with Crippen LogP contribution in [-0.2, 0) is 0 Å². The maximum absolute atomic E-state index is 13.3. The first-order valence-electron chi connectivity index (χ1n) is 9.69. The molecule has 2 aliphatic rings. The summed E-state index contributed by atoms with van der Waals surface area (Å²) in [6, 6.07) is 9.73. The number of hydrogen-bond donors (Lipinski definition) is 0. The summed E-state index contributed by atoms with van der Waals surface area (Å²) in [4.78, 5) is 15.6. The minimum Gasteiger partial charge on any atom is -0.496 e. The van der Waals surface area contributed by atoms with Gasteiger partial charge in [0.2, 0.25) is 5.78 Å². The number of halogens is 1. The van der Waals surface area contributed by atoms with Crippen molar-refractivity contribution < 1.29 is 19.0 Å². The summed E-state index contributed by atoms with van der Waals surface area (Å²) < 4.78 is 18.5. The van der Waals surface area contributed by atoms with E-state index in [1.807, 2.05) is 36.4 Å². The highest BCUT2D eigenvalue weighted by Crippen LogP contribution is 2.50. The highest BCUT2D eigenvalue weighted by atomic mass is 127. The topological polar surface area (TPSA) is 48.0 Å². The Morgan fingerprint density at radius 3 is 2.48 bits per heavy atom. The minimum atomic E-state index is -0.145. The number of hydrogen-bond acceptors (Lipinski definition) is 5. The van der Waals surface area contributed by atoms with Crippen LogP contribution in [0.5, 0.6) is 17.2 Å². The first kappa shape index (κ1) is 20.2. The van der Waals surface area contributed by atoms with Crippen molar-refractivity contribution in [3.8, 4) is 17.2 Å². The first-order chi connectivity index (χ1) is 14.0. The molecule has 29 heavy (non-hydrogen) atoms. The molecule has 0 spiro atoms. The molecule has 0 radical (unpaired) electrons. The summed E-state index contributed by atoms with van der Waals surface area (Å²) in [7, 11) is 5.35. The van der Waals surface area contributed by atoms with Crippen molar-refractivity contribution in [2.45, 2.75) is 18.8 Å². The van der Waals surface area contributed by atoms with E-state index < -0.39 is 0 Å². The number of likely N-dealkylation sites (tertiary alicyclic amines) is 1. The predicted octanol–water partition coefficient (Wildman–Crippen LogP) is 4.73. The van der Waals surface area contributed by atoms with Gasteiger partial charge in [-0.05, 0) is 79.2 Å². The third-order valence-corrected chi connectivity index (χ3v) is 6.65. The molecule has 1 saturated heterocycles. The molecule has 2 aromatic rings. The second-order valence-electron chi connectivity index (χ2n) is 7.44. The molecule has 0 aromatic heterocycles. The van der Waals surface area contributed by atoms with Crippen molar-refractivity contribution in [1.82, 2.24) is 4.90 Å². The fraction of sp³-hybridized carbons (Fsp3) is 0.348.